The summed E-state index contributed by atoms with van der Waals surface area (Å²) in [4.78, 5) is 7.01. The molecule has 0 radical (unpaired) electrons. The molecule has 0 saturated carbocycles. The Hall–Kier alpha value is -2.90. The van der Waals surface area contributed by atoms with Crippen LogP contribution in [0.3, 0.4) is 0 Å². The maximum absolute atomic E-state index is 6.34. The van der Waals surface area contributed by atoms with Gasteiger partial charge < -0.3 is 16.4 Å². The maximum atomic E-state index is 6.34. The number of nitrogens with one attached hydrogen (secondary N) is 2. The van der Waals surface area contributed by atoms with Crippen LogP contribution in [0.15, 0.2) is 48.8 Å². The minimum absolute atomic E-state index is 0.376. The molecule has 5 rings (SSSR count). The lowest BCUT2D eigenvalue weighted by Gasteiger charge is -2.23. The molecule has 4 heterocycles. The molecule has 1 saturated heterocycles. The summed E-state index contributed by atoms with van der Waals surface area (Å²) in [5.74, 6) is 0. The lowest BCUT2D eigenvalue weighted by atomic mass is 10.1. The van der Waals surface area contributed by atoms with Crippen LogP contribution in [0.25, 0.3) is 22.2 Å². The summed E-state index contributed by atoms with van der Waals surface area (Å²) >= 11 is 1.83. The third-order valence-electron chi connectivity index (χ3n) is 5.72. The van der Waals surface area contributed by atoms with E-state index < -0.39 is 0 Å². The highest BCUT2D eigenvalue weighted by molar-refractivity contribution is 7.11. The molecule has 1 aromatic carbocycles. The summed E-state index contributed by atoms with van der Waals surface area (Å²) < 4.78 is 2.14. The Balaban J connectivity index is 1.45. The molecule has 30 heavy (non-hydrogen) atoms. The fourth-order valence-electron chi connectivity index (χ4n) is 4.16. The molecule has 0 unspecified atom stereocenters. The molecular formula is C23H26N6S. The number of benzene rings is 1. The highest BCUT2D eigenvalue weighted by Crippen LogP contribution is 2.35. The Morgan fingerprint density at radius 2 is 1.93 bits per heavy atom. The van der Waals surface area contributed by atoms with Crippen molar-refractivity contribution in [1.82, 2.24) is 20.1 Å². The molecule has 0 bridgehead atoms. The van der Waals surface area contributed by atoms with Gasteiger partial charge >= 0.3 is 0 Å². The SMILES string of the molecule is Cc1ccc(CNc2ccc(-c3nn(C4CCNCC4)c4cncc(N)c34)cc2)s1. The van der Waals surface area contributed by atoms with Crippen molar-refractivity contribution in [3.63, 3.8) is 0 Å². The quantitative estimate of drug-likeness (QED) is 0.442. The lowest BCUT2D eigenvalue weighted by molar-refractivity contribution is 0.351. The van der Waals surface area contributed by atoms with E-state index in [-0.39, 0.29) is 0 Å². The third-order valence-corrected chi connectivity index (χ3v) is 6.72. The summed E-state index contributed by atoms with van der Waals surface area (Å²) in [6.45, 7) is 5.00. The fraction of sp³-hybridized carbons (Fsp3) is 0.304. The van der Waals surface area contributed by atoms with Crippen molar-refractivity contribution in [1.29, 1.82) is 0 Å². The van der Waals surface area contributed by atoms with Gasteiger partial charge in [0.25, 0.3) is 0 Å². The van der Waals surface area contributed by atoms with Crippen LogP contribution in [0.2, 0.25) is 0 Å². The summed E-state index contributed by atoms with van der Waals surface area (Å²) in [6.07, 6.45) is 5.74. The van der Waals surface area contributed by atoms with Crippen LogP contribution in [0.1, 0.15) is 28.6 Å². The highest BCUT2D eigenvalue weighted by Gasteiger charge is 2.22. The minimum Gasteiger partial charge on any atom is -0.397 e. The molecule has 1 aliphatic rings. The average Bonchev–Trinajstić information content (AvgIpc) is 3.38. The van der Waals surface area contributed by atoms with Crippen molar-refractivity contribution in [2.24, 2.45) is 0 Å². The van der Waals surface area contributed by atoms with E-state index in [1.807, 2.05) is 17.5 Å². The first-order valence-corrected chi connectivity index (χ1v) is 11.2. The summed E-state index contributed by atoms with van der Waals surface area (Å²) in [5, 5.41) is 12.9. The van der Waals surface area contributed by atoms with Gasteiger partial charge in [0.2, 0.25) is 0 Å². The zero-order valence-corrected chi connectivity index (χ0v) is 17.9. The molecule has 4 aromatic rings. The fourth-order valence-corrected chi connectivity index (χ4v) is 4.99. The van der Waals surface area contributed by atoms with Gasteiger partial charge in [0, 0.05) is 27.5 Å². The largest absolute Gasteiger partial charge is 0.397 e. The van der Waals surface area contributed by atoms with Crippen molar-refractivity contribution in [2.45, 2.75) is 32.4 Å². The Bertz CT molecular complexity index is 1150. The molecule has 1 fully saturated rings. The number of rotatable bonds is 5. The number of nitrogen functional groups attached to an aromatic ring is 1. The summed E-state index contributed by atoms with van der Waals surface area (Å²) in [7, 11) is 0. The topological polar surface area (TPSA) is 80.8 Å². The number of nitrogens with zero attached hydrogens (tertiary/aromatic N) is 3. The van der Waals surface area contributed by atoms with Crippen molar-refractivity contribution < 1.29 is 0 Å². The molecule has 3 aromatic heterocycles. The van der Waals surface area contributed by atoms with E-state index in [1.54, 1.807) is 6.20 Å². The Morgan fingerprint density at radius 1 is 1.13 bits per heavy atom. The standard InChI is InChI=1S/C23H26N6S/c1-15-2-7-19(30-15)12-27-17-5-3-16(4-6-17)23-22-20(24)13-26-14-21(22)29(28-23)18-8-10-25-11-9-18/h2-7,13-14,18,25,27H,8-12,24H2,1H3. The first kappa shape index (κ1) is 19.1. The van der Waals surface area contributed by atoms with Crippen LogP contribution in [0.5, 0.6) is 0 Å². The number of piperidine rings is 1. The average molecular weight is 419 g/mol. The smallest absolute Gasteiger partial charge is 0.102 e. The molecule has 0 atom stereocenters. The number of aromatic nitrogens is 3. The molecule has 0 aliphatic carbocycles. The number of nitrogens with two attached hydrogens (primary N) is 1. The first-order valence-electron chi connectivity index (χ1n) is 10.4. The van der Waals surface area contributed by atoms with Crippen molar-refractivity contribution >= 4 is 33.6 Å². The Labute approximate surface area is 180 Å². The Morgan fingerprint density at radius 3 is 2.67 bits per heavy atom. The van der Waals surface area contributed by atoms with Gasteiger partial charge in [-0.1, -0.05) is 12.1 Å². The maximum Gasteiger partial charge on any atom is 0.102 e. The zero-order valence-electron chi connectivity index (χ0n) is 17.1. The molecule has 1 aliphatic heterocycles. The van der Waals surface area contributed by atoms with Gasteiger partial charge in [-0.05, 0) is 57.1 Å². The van der Waals surface area contributed by atoms with Gasteiger partial charge in [0.15, 0.2) is 0 Å². The van der Waals surface area contributed by atoms with Gasteiger partial charge in [-0.2, -0.15) is 5.10 Å². The number of aryl methyl sites for hydroxylation is 1. The molecule has 4 N–H and O–H groups in total. The van der Waals surface area contributed by atoms with E-state index in [0.29, 0.717) is 11.7 Å². The molecule has 7 heteroatoms. The van der Waals surface area contributed by atoms with Crippen LogP contribution in [0, 0.1) is 6.92 Å². The molecule has 0 amide bonds. The lowest BCUT2D eigenvalue weighted by Crippen LogP contribution is -2.29. The second-order valence-corrected chi connectivity index (χ2v) is 9.21. The zero-order chi connectivity index (χ0) is 20.5. The second kappa shape index (κ2) is 8.08. The Kier molecular flexibility index (Phi) is 5.14. The van der Waals surface area contributed by atoms with Gasteiger partial charge in [0.05, 0.1) is 35.0 Å². The van der Waals surface area contributed by atoms with Crippen molar-refractivity contribution in [3.05, 3.63) is 58.5 Å². The van der Waals surface area contributed by atoms with E-state index in [1.165, 1.54) is 9.75 Å². The predicted molar refractivity (Wildman–Crippen MR) is 125 cm³/mol. The van der Waals surface area contributed by atoms with Crippen molar-refractivity contribution in [2.75, 3.05) is 24.1 Å². The minimum atomic E-state index is 0.376. The van der Waals surface area contributed by atoms with Crippen molar-refractivity contribution in [3.8, 4) is 11.3 Å². The van der Waals surface area contributed by atoms with E-state index in [0.717, 1.165) is 60.3 Å². The first-order chi connectivity index (χ1) is 14.7. The molecule has 154 valence electrons. The monoisotopic (exact) mass is 418 g/mol. The number of pyridine rings is 1. The van der Waals surface area contributed by atoms with Gasteiger partial charge in [-0.25, -0.2) is 0 Å². The summed E-state index contributed by atoms with van der Waals surface area (Å²) in [6, 6.07) is 13.2. The van der Waals surface area contributed by atoms with E-state index in [2.05, 4.69) is 63.6 Å². The number of thiophene rings is 1. The van der Waals surface area contributed by atoms with Crippen LogP contribution >= 0.6 is 11.3 Å². The molecule has 0 spiro atoms. The van der Waals surface area contributed by atoms with Crippen LogP contribution in [-0.4, -0.2) is 27.9 Å². The number of fused-ring (bicyclic) bond motifs is 1. The normalized spacial score (nSPS) is 15.0. The number of anilines is 2. The highest BCUT2D eigenvalue weighted by atomic mass is 32.1. The summed E-state index contributed by atoms with van der Waals surface area (Å²) in [5.41, 5.74) is 11.1. The van der Waals surface area contributed by atoms with Gasteiger partial charge in [0.1, 0.15) is 5.69 Å². The van der Waals surface area contributed by atoms with Gasteiger partial charge in [-0.3, -0.25) is 9.67 Å². The number of hydrogen-bond donors (Lipinski definition) is 3. The number of hydrogen-bond acceptors (Lipinski definition) is 6. The molecule has 6 nitrogen and oxygen atoms in total. The van der Waals surface area contributed by atoms with Gasteiger partial charge in [-0.15, -0.1) is 11.3 Å². The van der Waals surface area contributed by atoms with E-state index >= 15 is 0 Å². The molecular weight excluding hydrogens is 392 g/mol. The van der Waals surface area contributed by atoms with Crippen LogP contribution in [0.4, 0.5) is 11.4 Å². The van der Waals surface area contributed by atoms with Crippen LogP contribution in [-0.2, 0) is 6.54 Å². The van der Waals surface area contributed by atoms with E-state index in [9.17, 15) is 0 Å². The van der Waals surface area contributed by atoms with Crippen LogP contribution < -0.4 is 16.4 Å². The van der Waals surface area contributed by atoms with E-state index in [4.69, 9.17) is 10.8 Å². The predicted octanol–water partition coefficient (Wildman–Crippen LogP) is 4.59. The third kappa shape index (κ3) is 3.66. The second-order valence-electron chi connectivity index (χ2n) is 7.84.